The number of Topliss-reactive ketones (excluding diaryl/α,β-unsaturated/α-hetero) is 1. The molecule has 2 aliphatic heterocycles. The van der Waals surface area contributed by atoms with Crippen molar-refractivity contribution in [2.45, 2.75) is 25.4 Å². The Morgan fingerprint density at radius 1 is 1.05 bits per heavy atom. The van der Waals surface area contributed by atoms with Crippen molar-refractivity contribution in [3.8, 4) is 11.5 Å². The Kier molecular flexibility index (Phi) is 2.92. The summed E-state index contributed by atoms with van der Waals surface area (Å²) in [6.45, 7) is 0.765. The number of rotatable bonds is 2. The van der Waals surface area contributed by atoms with Crippen molar-refractivity contribution in [3.05, 3.63) is 59.2 Å². The van der Waals surface area contributed by atoms with Gasteiger partial charge in [0.05, 0.1) is 6.61 Å². The van der Waals surface area contributed by atoms with Gasteiger partial charge in [-0.3, -0.25) is 4.79 Å². The lowest BCUT2D eigenvalue weighted by Gasteiger charge is -2.18. The molecule has 0 fully saturated rings. The topological polar surface area (TPSA) is 35.5 Å². The normalized spacial score (nSPS) is 19.1. The van der Waals surface area contributed by atoms with Crippen LogP contribution in [0.25, 0.3) is 0 Å². The smallest absolute Gasteiger partial charge is 0.203 e. The lowest BCUT2D eigenvalue weighted by Crippen LogP contribution is -2.25. The highest BCUT2D eigenvalue weighted by molar-refractivity contribution is 6.00. The van der Waals surface area contributed by atoms with Gasteiger partial charge in [-0.1, -0.05) is 18.2 Å². The van der Waals surface area contributed by atoms with E-state index in [9.17, 15) is 4.79 Å². The summed E-state index contributed by atoms with van der Waals surface area (Å²) in [5.74, 6) is 1.80. The van der Waals surface area contributed by atoms with Gasteiger partial charge in [0.15, 0.2) is 6.10 Å². The zero-order valence-electron chi connectivity index (χ0n) is 11.7. The predicted molar refractivity (Wildman–Crippen MR) is 79.2 cm³/mol. The molecule has 0 saturated carbocycles. The number of hydrogen-bond donors (Lipinski definition) is 0. The van der Waals surface area contributed by atoms with Gasteiger partial charge in [0, 0.05) is 12.0 Å². The number of hydrogen-bond acceptors (Lipinski definition) is 3. The van der Waals surface area contributed by atoms with E-state index in [4.69, 9.17) is 9.47 Å². The number of para-hydroxylation sites is 1. The van der Waals surface area contributed by atoms with Gasteiger partial charge in [0.25, 0.3) is 0 Å². The highest BCUT2D eigenvalue weighted by Crippen LogP contribution is 2.31. The molecule has 2 aromatic carbocycles. The van der Waals surface area contributed by atoms with Crippen LogP contribution in [-0.4, -0.2) is 18.5 Å². The minimum atomic E-state index is -0.398. The number of benzene rings is 2. The number of carbonyl (C=O) groups excluding carboxylic acids is 1. The van der Waals surface area contributed by atoms with Gasteiger partial charge in [0.1, 0.15) is 11.5 Å². The van der Waals surface area contributed by atoms with E-state index in [-0.39, 0.29) is 5.78 Å². The van der Waals surface area contributed by atoms with Gasteiger partial charge in [-0.25, -0.2) is 0 Å². The Balaban J connectivity index is 1.59. The van der Waals surface area contributed by atoms with Crippen molar-refractivity contribution in [1.29, 1.82) is 0 Å². The number of ether oxygens (including phenoxy) is 2. The van der Waals surface area contributed by atoms with E-state index in [1.807, 2.05) is 42.5 Å². The molecule has 0 aliphatic carbocycles. The maximum absolute atomic E-state index is 12.6. The Morgan fingerprint density at radius 2 is 1.95 bits per heavy atom. The third-order valence-electron chi connectivity index (χ3n) is 4.13. The molecule has 0 N–H and O–H groups in total. The number of aryl methyl sites for hydroxylation is 1. The molecule has 3 nitrogen and oxygen atoms in total. The molecule has 1 atom stereocenters. The fourth-order valence-corrected chi connectivity index (χ4v) is 3.03. The summed E-state index contributed by atoms with van der Waals surface area (Å²) >= 11 is 0. The quantitative estimate of drug-likeness (QED) is 0.792. The number of ketones is 1. The van der Waals surface area contributed by atoms with Crippen molar-refractivity contribution in [2.75, 3.05) is 6.61 Å². The molecule has 106 valence electrons. The Hall–Kier alpha value is -2.29. The van der Waals surface area contributed by atoms with Crippen LogP contribution < -0.4 is 9.47 Å². The minimum absolute atomic E-state index is 0.0552. The van der Waals surface area contributed by atoms with Crippen LogP contribution in [0, 0.1) is 0 Å². The number of fused-ring (bicyclic) bond motifs is 2. The largest absolute Gasteiger partial charge is 0.493 e. The predicted octanol–water partition coefficient (Wildman–Crippen LogP) is 3.20. The molecule has 0 aromatic heterocycles. The fraction of sp³-hybridized carbons (Fsp3) is 0.278. The van der Waals surface area contributed by atoms with E-state index < -0.39 is 6.10 Å². The molecule has 0 saturated heterocycles. The lowest BCUT2D eigenvalue weighted by molar-refractivity contribution is 0.0824. The molecule has 2 aliphatic rings. The van der Waals surface area contributed by atoms with Crippen molar-refractivity contribution >= 4 is 5.78 Å². The van der Waals surface area contributed by atoms with Crippen molar-refractivity contribution in [2.24, 2.45) is 0 Å². The summed E-state index contributed by atoms with van der Waals surface area (Å²) in [6.07, 6.45) is 2.24. The first kappa shape index (κ1) is 12.5. The molecule has 2 heterocycles. The molecular weight excluding hydrogens is 264 g/mol. The molecule has 0 bridgehead atoms. The van der Waals surface area contributed by atoms with Gasteiger partial charge in [-0.15, -0.1) is 0 Å². The average Bonchev–Trinajstić information content (AvgIpc) is 2.97. The Morgan fingerprint density at radius 3 is 2.86 bits per heavy atom. The van der Waals surface area contributed by atoms with Gasteiger partial charge in [-0.05, 0) is 48.2 Å². The summed E-state index contributed by atoms with van der Waals surface area (Å²) in [6, 6.07) is 13.6. The van der Waals surface area contributed by atoms with Crippen LogP contribution in [0.1, 0.15) is 27.9 Å². The van der Waals surface area contributed by atoms with Crippen LogP contribution >= 0.6 is 0 Å². The van der Waals surface area contributed by atoms with E-state index in [0.717, 1.165) is 47.6 Å². The monoisotopic (exact) mass is 280 g/mol. The highest BCUT2D eigenvalue weighted by Gasteiger charge is 2.30. The van der Waals surface area contributed by atoms with Crippen LogP contribution in [0.15, 0.2) is 42.5 Å². The molecule has 0 radical (unpaired) electrons. The van der Waals surface area contributed by atoms with E-state index in [0.29, 0.717) is 6.42 Å². The summed E-state index contributed by atoms with van der Waals surface area (Å²) in [5, 5.41) is 0. The first-order valence-electron chi connectivity index (χ1n) is 7.36. The van der Waals surface area contributed by atoms with Crippen molar-refractivity contribution in [3.63, 3.8) is 0 Å². The molecule has 1 unspecified atom stereocenters. The Bertz CT molecular complexity index is 680. The summed E-state index contributed by atoms with van der Waals surface area (Å²) in [5.41, 5.74) is 2.96. The van der Waals surface area contributed by atoms with Gasteiger partial charge >= 0.3 is 0 Å². The van der Waals surface area contributed by atoms with Gasteiger partial charge in [0.2, 0.25) is 5.78 Å². The molecule has 4 rings (SSSR count). The van der Waals surface area contributed by atoms with Crippen LogP contribution in [0.5, 0.6) is 11.5 Å². The van der Waals surface area contributed by atoms with Crippen LogP contribution in [0.4, 0.5) is 0 Å². The second-order valence-corrected chi connectivity index (χ2v) is 5.56. The molecule has 21 heavy (non-hydrogen) atoms. The lowest BCUT2D eigenvalue weighted by atomic mass is 9.97. The molecule has 0 spiro atoms. The molecular formula is C18H16O3. The third-order valence-corrected chi connectivity index (χ3v) is 4.13. The molecule has 3 heteroatoms. The maximum atomic E-state index is 12.6. The van der Waals surface area contributed by atoms with Crippen molar-refractivity contribution in [1.82, 2.24) is 0 Å². The Labute approximate surface area is 123 Å². The summed E-state index contributed by atoms with van der Waals surface area (Å²) in [4.78, 5) is 12.6. The maximum Gasteiger partial charge on any atom is 0.203 e. The van der Waals surface area contributed by atoms with E-state index in [1.165, 1.54) is 0 Å². The number of carbonyl (C=O) groups is 1. The standard InChI is InChI=1S/C18H16O3/c19-18(17-11-13-4-1-2-6-16(13)21-17)14-7-8-15-12(10-14)5-3-9-20-15/h1-2,4,6-8,10,17H,3,5,9,11H2. The zero-order chi connectivity index (χ0) is 14.2. The molecule has 2 aromatic rings. The highest BCUT2D eigenvalue weighted by atomic mass is 16.5. The first-order valence-corrected chi connectivity index (χ1v) is 7.36. The van der Waals surface area contributed by atoms with Crippen LogP contribution in [0.3, 0.4) is 0 Å². The van der Waals surface area contributed by atoms with Crippen molar-refractivity contribution < 1.29 is 14.3 Å². The zero-order valence-corrected chi connectivity index (χ0v) is 11.7. The fourth-order valence-electron chi connectivity index (χ4n) is 3.03. The van der Waals surface area contributed by atoms with Gasteiger partial charge < -0.3 is 9.47 Å². The van der Waals surface area contributed by atoms with Crippen LogP contribution in [0.2, 0.25) is 0 Å². The minimum Gasteiger partial charge on any atom is -0.493 e. The van der Waals surface area contributed by atoms with E-state index in [2.05, 4.69) is 0 Å². The second kappa shape index (κ2) is 4.92. The van der Waals surface area contributed by atoms with Gasteiger partial charge in [-0.2, -0.15) is 0 Å². The molecule has 0 amide bonds. The van der Waals surface area contributed by atoms with E-state index >= 15 is 0 Å². The first-order chi connectivity index (χ1) is 10.3. The average molecular weight is 280 g/mol. The summed E-state index contributed by atoms with van der Waals surface area (Å²) < 4.78 is 11.4. The third kappa shape index (κ3) is 2.19. The SMILES string of the molecule is O=C(c1ccc2c(c1)CCCO2)C1Cc2ccccc2O1. The summed E-state index contributed by atoms with van der Waals surface area (Å²) in [7, 11) is 0. The van der Waals surface area contributed by atoms with Crippen LogP contribution in [-0.2, 0) is 12.8 Å². The second-order valence-electron chi connectivity index (χ2n) is 5.56. The van der Waals surface area contributed by atoms with E-state index in [1.54, 1.807) is 0 Å².